The first-order valence-corrected chi connectivity index (χ1v) is 8.60. The lowest BCUT2D eigenvalue weighted by Crippen LogP contribution is -2.23. The van der Waals surface area contributed by atoms with E-state index in [9.17, 15) is 9.59 Å². The number of amides is 1. The van der Waals surface area contributed by atoms with E-state index in [1.165, 1.54) is 0 Å². The van der Waals surface area contributed by atoms with Gasteiger partial charge in [-0.2, -0.15) is 0 Å². The molecule has 2 heterocycles. The Hall–Kier alpha value is -3.21. The van der Waals surface area contributed by atoms with Gasteiger partial charge in [0.15, 0.2) is 5.70 Å². The van der Waals surface area contributed by atoms with Gasteiger partial charge in [-0.05, 0) is 49.2 Å². The smallest absolute Gasteiger partial charge is 0.363 e. The lowest BCUT2D eigenvalue weighted by Gasteiger charge is -2.15. The van der Waals surface area contributed by atoms with Crippen LogP contribution in [0.1, 0.15) is 29.5 Å². The maximum absolute atomic E-state index is 12.1. The van der Waals surface area contributed by atoms with Gasteiger partial charge in [0.25, 0.3) is 0 Å². The monoisotopic (exact) mass is 346 g/mol. The first-order chi connectivity index (χ1) is 12.6. The number of nitrogens with zero attached hydrogens (tertiary/aromatic N) is 2. The summed E-state index contributed by atoms with van der Waals surface area (Å²) in [5.74, 6) is -0.0299. The highest BCUT2D eigenvalue weighted by atomic mass is 16.6. The fourth-order valence-electron chi connectivity index (χ4n) is 3.06. The number of carbonyl (C=O) groups excluding carboxylic acids is 2. The molecule has 0 radical (unpaired) electrons. The number of aryl methyl sites for hydroxylation is 1. The molecular formula is C21H18N2O3. The van der Waals surface area contributed by atoms with Crippen LogP contribution in [0, 0.1) is 6.92 Å². The highest BCUT2D eigenvalue weighted by molar-refractivity contribution is 6.13. The number of anilines is 1. The molecule has 5 heteroatoms. The van der Waals surface area contributed by atoms with E-state index in [0.717, 1.165) is 29.8 Å². The first kappa shape index (κ1) is 16.3. The summed E-state index contributed by atoms with van der Waals surface area (Å²) in [6.45, 7) is 2.76. The first-order valence-electron chi connectivity index (χ1n) is 8.60. The van der Waals surface area contributed by atoms with Gasteiger partial charge >= 0.3 is 5.97 Å². The van der Waals surface area contributed by atoms with E-state index in [-0.39, 0.29) is 17.5 Å². The van der Waals surface area contributed by atoms with Gasteiger partial charge in [0.1, 0.15) is 0 Å². The Morgan fingerprint density at radius 1 is 1.04 bits per heavy atom. The van der Waals surface area contributed by atoms with E-state index in [1.54, 1.807) is 11.0 Å². The second-order valence-electron chi connectivity index (χ2n) is 6.44. The van der Waals surface area contributed by atoms with E-state index in [1.807, 2.05) is 55.5 Å². The van der Waals surface area contributed by atoms with E-state index < -0.39 is 5.97 Å². The third kappa shape index (κ3) is 3.16. The molecule has 2 aliphatic heterocycles. The molecule has 26 heavy (non-hydrogen) atoms. The largest absolute Gasteiger partial charge is 0.402 e. The lowest BCUT2D eigenvalue weighted by molar-refractivity contribution is -0.130. The van der Waals surface area contributed by atoms with Crippen LogP contribution in [-0.4, -0.2) is 24.3 Å². The van der Waals surface area contributed by atoms with Crippen molar-refractivity contribution in [1.29, 1.82) is 0 Å². The zero-order chi connectivity index (χ0) is 18.1. The van der Waals surface area contributed by atoms with Crippen LogP contribution in [0.25, 0.3) is 6.08 Å². The molecule has 1 fully saturated rings. The quantitative estimate of drug-likeness (QED) is 0.632. The fraction of sp³-hybridized carbons (Fsp3) is 0.190. The molecule has 0 atom stereocenters. The zero-order valence-electron chi connectivity index (χ0n) is 14.4. The van der Waals surface area contributed by atoms with Crippen LogP contribution in [-0.2, 0) is 14.3 Å². The van der Waals surface area contributed by atoms with Crippen molar-refractivity contribution in [2.75, 3.05) is 11.4 Å². The third-order valence-electron chi connectivity index (χ3n) is 4.50. The topological polar surface area (TPSA) is 59.0 Å². The average molecular weight is 346 g/mol. The van der Waals surface area contributed by atoms with Gasteiger partial charge in [-0.15, -0.1) is 0 Å². The summed E-state index contributed by atoms with van der Waals surface area (Å²) in [5, 5.41) is 0. The summed E-state index contributed by atoms with van der Waals surface area (Å²) in [5.41, 5.74) is 3.90. The number of carbonyl (C=O) groups is 2. The van der Waals surface area contributed by atoms with Crippen molar-refractivity contribution in [2.24, 2.45) is 4.99 Å². The lowest BCUT2D eigenvalue weighted by atomic mass is 10.1. The van der Waals surface area contributed by atoms with Gasteiger partial charge in [-0.25, -0.2) is 9.79 Å². The molecular weight excluding hydrogens is 328 g/mol. The normalized spacial score (nSPS) is 18.4. The molecule has 0 aromatic heterocycles. The molecule has 0 spiro atoms. The van der Waals surface area contributed by atoms with Crippen molar-refractivity contribution >= 4 is 29.5 Å². The van der Waals surface area contributed by atoms with Crippen LogP contribution in [0.5, 0.6) is 0 Å². The number of aliphatic imine (C=N–C) groups is 1. The Morgan fingerprint density at radius 2 is 1.77 bits per heavy atom. The minimum Gasteiger partial charge on any atom is -0.402 e. The molecule has 1 amide bonds. The van der Waals surface area contributed by atoms with Gasteiger partial charge < -0.3 is 9.64 Å². The second-order valence-corrected chi connectivity index (χ2v) is 6.44. The Balaban J connectivity index is 1.57. The summed E-state index contributed by atoms with van der Waals surface area (Å²) in [4.78, 5) is 30.0. The van der Waals surface area contributed by atoms with Crippen molar-refractivity contribution in [3.05, 3.63) is 70.9 Å². The van der Waals surface area contributed by atoms with E-state index >= 15 is 0 Å². The minimum absolute atomic E-state index is 0.144. The zero-order valence-corrected chi connectivity index (χ0v) is 14.4. The number of esters is 1. The molecule has 0 aliphatic carbocycles. The molecule has 2 aromatic carbocycles. The van der Waals surface area contributed by atoms with Gasteiger partial charge in [0.05, 0.1) is 0 Å². The van der Waals surface area contributed by atoms with E-state index in [2.05, 4.69) is 4.99 Å². The highest BCUT2D eigenvalue weighted by Crippen LogP contribution is 2.24. The van der Waals surface area contributed by atoms with Gasteiger partial charge in [0.2, 0.25) is 11.8 Å². The van der Waals surface area contributed by atoms with Gasteiger partial charge in [-0.3, -0.25) is 4.79 Å². The summed E-state index contributed by atoms with van der Waals surface area (Å²) < 4.78 is 5.30. The third-order valence-corrected chi connectivity index (χ3v) is 4.50. The number of cyclic esters (lactones) is 1. The number of hydrogen-bond donors (Lipinski definition) is 0. The molecule has 0 bridgehead atoms. The van der Waals surface area contributed by atoms with E-state index in [0.29, 0.717) is 12.0 Å². The molecule has 5 nitrogen and oxygen atoms in total. The van der Waals surface area contributed by atoms with Crippen LogP contribution in [0.15, 0.2) is 59.2 Å². The van der Waals surface area contributed by atoms with Gasteiger partial charge in [-0.1, -0.05) is 29.8 Å². The molecule has 4 rings (SSSR count). The van der Waals surface area contributed by atoms with Crippen LogP contribution >= 0.6 is 0 Å². The molecule has 0 N–H and O–H groups in total. The highest BCUT2D eigenvalue weighted by Gasteiger charge is 2.25. The van der Waals surface area contributed by atoms with Crippen LogP contribution < -0.4 is 4.90 Å². The van der Waals surface area contributed by atoms with Crippen molar-refractivity contribution in [3.8, 4) is 0 Å². The van der Waals surface area contributed by atoms with Crippen LogP contribution in [0.3, 0.4) is 0 Å². The Labute approximate surface area is 151 Å². The van der Waals surface area contributed by atoms with Gasteiger partial charge in [0, 0.05) is 24.2 Å². The molecule has 1 saturated heterocycles. The Morgan fingerprint density at radius 3 is 2.42 bits per heavy atom. The second kappa shape index (κ2) is 6.59. The molecule has 2 aromatic rings. The number of rotatable bonds is 3. The molecule has 130 valence electrons. The minimum atomic E-state index is -0.459. The van der Waals surface area contributed by atoms with Crippen molar-refractivity contribution in [3.63, 3.8) is 0 Å². The van der Waals surface area contributed by atoms with E-state index in [4.69, 9.17) is 4.74 Å². The van der Waals surface area contributed by atoms with Crippen LogP contribution in [0.4, 0.5) is 5.69 Å². The SMILES string of the molecule is Cc1ccc(C=C2N=C(c3ccc(N4CCCC4=O)cc3)OC2=O)cc1. The maximum atomic E-state index is 12.1. The Bertz CT molecular complexity index is 925. The summed E-state index contributed by atoms with van der Waals surface area (Å²) >= 11 is 0. The summed E-state index contributed by atoms with van der Waals surface area (Å²) in [6.07, 6.45) is 3.20. The predicted molar refractivity (Wildman–Crippen MR) is 99.8 cm³/mol. The molecule has 0 saturated carbocycles. The van der Waals surface area contributed by atoms with Crippen LogP contribution in [0.2, 0.25) is 0 Å². The fourth-order valence-corrected chi connectivity index (χ4v) is 3.06. The summed E-state index contributed by atoms with van der Waals surface area (Å²) in [7, 11) is 0. The number of ether oxygens (including phenoxy) is 1. The number of hydrogen-bond acceptors (Lipinski definition) is 4. The average Bonchev–Trinajstić information content (AvgIpc) is 3.23. The van der Waals surface area contributed by atoms with Crippen molar-refractivity contribution in [1.82, 2.24) is 0 Å². The summed E-state index contributed by atoms with van der Waals surface area (Å²) in [6, 6.07) is 15.2. The molecule has 0 unspecified atom stereocenters. The maximum Gasteiger partial charge on any atom is 0.363 e. The standard InChI is InChI=1S/C21H18N2O3/c1-14-4-6-15(7-5-14)13-18-21(25)26-20(22-18)16-8-10-17(11-9-16)23-12-2-3-19(23)24/h4-11,13H,2-3,12H2,1H3. The molecule has 2 aliphatic rings. The predicted octanol–water partition coefficient (Wildman–Crippen LogP) is 3.47. The Kier molecular flexibility index (Phi) is 4.13. The number of benzene rings is 2. The van der Waals surface area contributed by atoms with Crippen molar-refractivity contribution in [2.45, 2.75) is 19.8 Å². The van der Waals surface area contributed by atoms with Crippen molar-refractivity contribution < 1.29 is 14.3 Å².